The predicted molar refractivity (Wildman–Crippen MR) is 88.6 cm³/mol. The molecule has 0 unspecified atom stereocenters. The molecule has 0 spiro atoms. The van der Waals surface area contributed by atoms with Crippen molar-refractivity contribution in [3.8, 4) is 0 Å². The Hall–Kier alpha value is -0.900. The van der Waals surface area contributed by atoms with Crippen LogP contribution in [0.2, 0.25) is 0 Å². The van der Waals surface area contributed by atoms with Crippen LogP contribution in [0.3, 0.4) is 0 Å². The summed E-state index contributed by atoms with van der Waals surface area (Å²) in [6.07, 6.45) is 5.96. The number of nitrogens with zero attached hydrogens (tertiary/aromatic N) is 1. The van der Waals surface area contributed by atoms with Crippen LogP contribution in [-0.2, 0) is 0 Å². The van der Waals surface area contributed by atoms with Crippen LogP contribution >= 0.6 is 0 Å². The number of aliphatic hydroxyl groups is 1. The SMILES string of the molecule is CN(C)C1CCC(NC[C@@H](CCO)c2ccccc2)CC1. The fourth-order valence-corrected chi connectivity index (χ4v) is 3.37. The van der Waals surface area contributed by atoms with Crippen molar-refractivity contribution in [2.24, 2.45) is 0 Å². The normalized spacial score (nSPS) is 24.2. The van der Waals surface area contributed by atoms with E-state index in [0.717, 1.165) is 19.0 Å². The van der Waals surface area contributed by atoms with E-state index in [2.05, 4.69) is 54.6 Å². The van der Waals surface area contributed by atoms with Gasteiger partial charge in [-0.2, -0.15) is 0 Å². The summed E-state index contributed by atoms with van der Waals surface area (Å²) in [5.74, 6) is 0.419. The largest absolute Gasteiger partial charge is 0.396 e. The van der Waals surface area contributed by atoms with E-state index in [1.54, 1.807) is 0 Å². The highest BCUT2D eigenvalue weighted by molar-refractivity contribution is 5.19. The smallest absolute Gasteiger partial charge is 0.0437 e. The third kappa shape index (κ3) is 5.10. The number of hydrogen-bond acceptors (Lipinski definition) is 3. The molecule has 118 valence electrons. The molecule has 3 nitrogen and oxygen atoms in total. The summed E-state index contributed by atoms with van der Waals surface area (Å²) in [7, 11) is 4.37. The van der Waals surface area contributed by atoms with Crippen molar-refractivity contribution < 1.29 is 5.11 Å². The Morgan fingerprint density at radius 3 is 2.38 bits per heavy atom. The fraction of sp³-hybridized carbons (Fsp3) is 0.667. The van der Waals surface area contributed by atoms with Crippen molar-refractivity contribution in [3.05, 3.63) is 35.9 Å². The van der Waals surface area contributed by atoms with Crippen molar-refractivity contribution in [3.63, 3.8) is 0 Å². The number of aliphatic hydroxyl groups excluding tert-OH is 1. The summed E-state index contributed by atoms with van der Waals surface area (Å²) < 4.78 is 0. The Morgan fingerprint density at radius 1 is 1.14 bits per heavy atom. The van der Waals surface area contributed by atoms with Gasteiger partial charge in [-0.25, -0.2) is 0 Å². The molecule has 2 N–H and O–H groups in total. The zero-order valence-corrected chi connectivity index (χ0v) is 13.5. The van der Waals surface area contributed by atoms with E-state index in [9.17, 15) is 5.11 Å². The van der Waals surface area contributed by atoms with Gasteiger partial charge in [0.25, 0.3) is 0 Å². The molecule has 1 fully saturated rings. The predicted octanol–water partition coefficient (Wildman–Crippen LogP) is 2.62. The Balaban J connectivity index is 1.80. The summed E-state index contributed by atoms with van der Waals surface area (Å²) in [6.45, 7) is 1.23. The van der Waals surface area contributed by atoms with Crippen molar-refractivity contribution in [2.75, 3.05) is 27.2 Å². The van der Waals surface area contributed by atoms with Crippen molar-refractivity contribution in [1.29, 1.82) is 0 Å². The van der Waals surface area contributed by atoms with Gasteiger partial charge >= 0.3 is 0 Å². The molecule has 0 amide bonds. The molecule has 0 saturated heterocycles. The first-order valence-corrected chi connectivity index (χ1v) is 8.26. The van der Waals surface area contributed by atoms with Crippen LogP contribution in [0.5, 0.6) is 0 Å². The first-order valence-electron chi connectivity index (χ1n) is 8.26. The van der Waals surface area contributed by atoms with E-state index in [0.29, 0.717) is 12.0 Å². The minimum atomic E-state index is 0.259. The Bertz CT molecular complexity index is 385. The second kappa shape index (κ2) is 8.52. The maximum absolute atomic E-state index is 9.30. The fourth-order valence-electron chi connectivity index (χ4n) is 3.37. The third-order valence-corrected chi connectivity index (χ3v) is 4.83. The monoisotopic (exact) mass is 290 g/mol. The average molecular weight is 290 g/mol. The third-order valence-electron chi connectivity index (χ3n) is 4.83. The molecule has 2 rings (SSSR count). The zero-order chi connectivity index (χ0) is 15.1. The maximum atomic E-state index is 9.30. The minimum absolute atomic E-state index is 0.259. The maximum Gasteiger partial charge on any atom is 0.0437 e. The van der Waals surface area contributed by atoms with Gasteiger partial charge in [0.15, 0.2) is 0 Å². The minimum Gasteiger partial charge on any atom is -0.396 e. The van der Waals surface area contributed by atoms with Crippen LogP contribution in [-0.4, -0.2) is 49.3 Å². The molecule has 1 aliphatic rings. The van der Waals surface area contributed by atoms with Crippen LogP contribution in [0.4, 0.5) is 0 Å². The molecule has 3 heteroatoms. The summed E-state index contributed by atoms with van der Waals surface area (Å²) in [5.41, 5.74) is 1.33. The van der Waals surface area contributed by atoms with E-state index in [-0.39, 0.29) is 6.61 Å². The van der Waals surface area contributed by atoms with Gasteiger partial charge in [-0.1, -0.05) is 30.3 Å². The second-order valence-electron chi connectivity index (χ2n) is 6.50. The molecule has 0 aromatic heterocycles. The van der Waals surface area contributed by atoms with Gasteiger partial charge in [0.2, 0.25) is 0 Å². The highest BCUT2D eigenvalue weighted by atomic mass is 16.3. The second-order valence-corrected chi connectivity index (χ2v) is 6.50. The summed E-state index contributed by atoms with van der Waals surface area (Å²) in [6, 6.07) is 12.0. The number of benzene rings is 1. The average Bonchev–Trinajstić information content (AvgIpc) is 2.52. The number of nitrogens with one attached hydrogen (secondary N) is 1. The van der Waals surface area contributed by atoms with Gasteiger partial charge in [0.05, 0.1) is 0 Å². The van der Waals surface area contributed by atoms with Crippen LogP contribution in [0.25, 0.3) is 0 Å². The Kier molecular flexibility index (Phi) is 6.68. The first-order chi connectivity index (χ1) is 10.2. The lowest BCUT2D eigenvalue weighted by Gasteiger charge is -2.33. The molecule has 0 aliphatic heterocycles. The topological polar surface area (TPSA) is 35.5 Å². The van der Waals surface area contributed by atoms with Gasteiger partial charge in [0, 0.05) is 25.2 Å². The zero-order valence-electron chi connectivity index (χ0n) is 13.5. The first kappa shape index (κ1) is 16.5. The molecule has 1 saturated carbocycles. The van der Waals surface area contributed by atoms with Crippen molar-refractivity contribution in [1.82, 2.24) is 10.2 Å². The van der Waals surface area contributed by atoms with E-state index in [1.807, 2.05) is 0 Å². The molecule has 1 aromatic carbocycles. The van der Waals surface area contributed by atoms with Crippen molar-refractivity contribution >= 4 is 0 Å². The van der Waals surface area contributed by atoms with Crippen LogP contribution in [0.1, 0.15) is 43.6 Å². The van der Waals surface area contributed by atoms with E-state index >= 15 is 0 Å². The van der Waals surface area contributed by atoms with E-state index in [4.69, 9.17) is 0 Å². The van der Waals surface area contributed by atoms with Crippen LogP contribution in [0.15, 0.2) is 30.3 Å². The lowest BCUT2D eigenvalue weighted by molar-refractivity contribution is 0.202. The highest BCUT2D eigenvalue weighted by Crippen LogP contribution is 2.23. The molecule has 1 atom stereocenters. The lowest BCUT2D eigenvalue weighted by Crippen LogP contribution is -2.40. The molecule has 0 radical (unpaired) electrons. The molecule has 1 aliphatic carbocycles. The van der Waals surface area contributed by atoms with Gasteiger partial charge < -0.3 is 15.3 Å². The van der Waals surface area contributed by atoms with E-state index in [1.165, 1.54) is 31.2 Å². The van der Waals surface area contributed by atoms with Crippen LogP contribution in [0, 0.1) is 0 Å². The van der Waals surface area contributed by atoms with Crippen molar-refractivity contribution in [2.45, 2.75) is 50.1 Å². The summed E-state index contributed by atoms with van der Waals surface area (Å²) in [4.78, 5) is 2.36. The summed E-state index contributed by atoms with van der Waals surface area (Å²) in [5, 5.41) is 13.0. The number of hydrogen-bond donors (Lipinski definition) is 2. The molecular formula is C18H30N2O. The van der Waals surface area contributed by atoms with Gasteiger partial charge in [-0.15, -0.1) is 0 Å². The Labute approximate surface area is 129 Å². The highest BCUT2D eigenvalue weighted by Gasteiger charge is 2.22. The lowest BCUT2D eigenvalue weighted by atomic mass is 9.89. The summed E-state index contributed by atoms with van der Waals surface area (Å²) >= 11 is 0. The van der Waals surface area contributed by atoms with E-state index < -0.39 is 0 Å². The molecule has 0 heterocycles. The Morgan fingerprint density at radius 2 is 1.81 bits per heavy atom. The molecule has 21 heavy (non-hydrogen) atoms. The standard InChI is InChI=1S/C18H30N2O/c1-20(2)18-10-8-17(9-11-18)19-14-16(12-13-21)15-6-4-3-5-7-15/h3-7,16-19,21H,8-14H2,1-2H3/t16-,17?,18?/m1/s1. The van der Waals surface area contributed by atoms with Crippen LogP contribution < -0.4 is 5.32 Å². The van der Waals surface area contributed by atoms with Gasteiger partial charge in [-0.05, 0) is 57.7 Å². The molecular weight excluding hydrogens is 260 g/mol. The molecule has 0 bridgehead atoms. The number of rotatable bonds is 7. The van der Waals surface area contributed by atoms with Gasteiger partial charge in [0.1, 0.15) is 0 Å². The quantitative estimate of drug-likeness (QED) is 0.810. The molecule has 1 aromatic rings. The van der Waals surface area contributed by atoms with Gasteiger partial charge in [-0.3, -0.25) is 0 Å².